The zero-order valence-electron chi connectivity index (χ0n) is 16.2. The number of urea groups is 1. The molecule has 0 aromatic heterocycles. The Balaban J connectivity index is 1.96. The smallest absolute Gasteiger partial charge is 0.319 e. The Morgan fingerprint density at radius 3 is 1.96 bits per heavy atom. The van der Waals surface area contributed by atoms with Crippen LogP contribution in [0.15, 0.2) is 54.6 Å². The highest BCUT2D eigenvalue weighted by Gasteiger charge is 2.24. The normalized spacial score (nSPS) is 11.8. The van der Waals surface area contributed by atoms with Crippen LogP contribution < -0.4 is 20.7 Å². The summed E-state index contributed by atoms with van der Waals surface area (Å²) < 4.78 is 5.59. The number of amides is 3. The first-order chi connectivity index (χ1) is 12.8. The van der Waals surface area contributed by atoms with Crippen molar-refractivity contribution >= 4 is 23.3 Å². The maximum atomic E-state index is 12.6. The molecule has 2 rings (SSSR count). The van der Waals surface area contributed by atoms with Crippen molar-refractivity contribution in [1.82, 2.24) is 5.32 Å². The highest BCUT2D eigenvalue weighted by atomic mass is 16.5. The summed E-state index contributed by atoms with van der Waals surface area (Å²) in [5, 5.41) is 8.30. The number of ether oxygens (including phenoxy) is 1. The van der Waals surface area contributed by atoms with Gasteiger partial charge < -0.3 is 20.7 Å². The summed E-state index contributed by atoms with van der Waals surface area (Å²) >= 11 is 0. The average Bonchev–Trinajstić information content (AvgIpc) is 2.61. The fraction of sp³-hybridized carbons (Fsp3) is 0.333. The minimum atomic E-state index is -0.666. The first kappa shape index (κ1) is 20.3. The molecule has 6 nitrogen and oxygen atoms in total. The quantitative estimate of drug-likeness (QED) is 0.682. The molecule has 6 heteroatoms. The van der Waals surface area contributed by atoms with Gasteiger partial charge in [0.2, 0.25) is 5.91 Å². The van der Waals surface area contributed by atoms with E-state index in [-0.39, 0.29) is 17.9 Å². The summed E-state index contributed by atoms with van der Waals surface area (Å²) in [5.74, 6) is 0.393. The topological polar surface area (TPSA) is 79.5 Å². The number of hydrogen-bond acceptors (Lipinski definition) is 3. The molecular weight excluding hydrogens is 342 g/mol. The predicted octanol–water partition coefficient (Wildman–Crippen LogP) is 4.26. The number of carbonyl (C=O) groups excluding carboxylic acids is 2. The summed E-state index contributed by atoms with van der Waals surface area (Å²) in [6.07, 6.45) is 0.0862. The monoisotopic (exact) mass is 369 g/mol. The van der Waals surface area contributed by atoms with Gasteiger partial charge in [-0.1, -0.05) is 32.0 Å². The van der Waals surface area contributed by atoms with Crippen LogP contribution in [-0.4, -0.2) is 24.1 Å². The first-order valence-corrected chi connectivity index (χ1v) is 9.05. The zero-order chi connectivity index (χ0) is 19.8. The molecule has 1 unspecified atom stereocenters. The molecule has 27 heavy (non-hydrogen) atoms. The van der Waals surface area contributed by atoms with Crippen molar-refractivity contribution in [2.75, 3.05) is 10.6 Å². The summed E-state index contributed by atoms with van der Waals surface area (Å²) in [7, 11) is 0. The summed E-state index contributed by atoms with van der Waals surface area (Å²) in [4.78, 5) is 24.8. The van der Waals surface area contributed by atoms with E-state index in [9.17, 15) is 9.59 Å². The van der Waals surface area contributed by atoms with Gasteiger partial charge in [0, 0.05) is 11.4 Å². The van der Waals surface area contributed by atoms with Crippen LogP contribution in [0.4, 0.5) is 16.2 Å². The van der Waals surface area contributed by atoms with Gasteiger partial charge in [-0.2, -0.15) is 0 Å². The molecule has 0 aliphatic rings. The molecule has 0 fully saturated rings. The van der Waals surface area contributed by atoms with Gasteiger partial charge >= 0.3 is 6.03 Å². The van der Waals surface area contributed by atoms with Crippen molar-refractivity contribution in [3.63, 3.8) is 0 Å². The first-order valence-electron chi connectivity index (χ1n) is 9.05. The van der Waals surface area contributed by atoms with Crippen molar-refractivity contribution < 1.29 is 14.3 Å². The van der Waals surface area contributed by atoms with Crippen LogP contribution in [0.5, 0.6) is 5.75 Å². The molecule has 0 aliphatic carbocycles. The molecular formula is C21H27N3O3. The van der Waals surface area contributed by atoms with E-state index < -0.39 is 12.1 Å². The highest BCUT2D eigenvalue weighted by Crippen LogP contribution is 2.17. The third-order valence-electron chi connectivity index (χ3n) is 3.76. The Bertz CT molecular complexity index is 743. The summed E-state index contributed by atoms with van der Waals surface area (Å²) in [6, 6.07) is 15.2. The predicted molar refractivity (Wildman–Crippen MR) is 108 cm³/mol. The SMILES string of the molecule is CC(C)Oc1ccc(NC(=O)C(NC(=O)Nc2ccccc2)C(C)C)cc1. The standard InChI is InChI=1S/C21H27N3O3/c1-14(2)19(24-21(26)23-16-8-6-5-7-9-16)20(25)22-17-10-12-18(13-11-17)27-15(3)4/h5-15,19H,1-4H3,(H,22,25)(H2,23,24,26). The molecule has 0 saturated carbocycles. The van der Waals surface area contributed by atoms with Gasteiger partial charge in [-0.15, -0.1) is 0 Å². The van der Waals surface area contributed by atoms with Gasteiger partial charge in [0.05, 0.1) is 6.10 Å². The highest BCUT2D eigenvalue weighted by molar-refractivity contribution is 5.99. The van der Waals surface area contributed by atoms with Crippen LogP contribution in [0.3, 0.4) is 0 Å². The third-order valence-corrected chi connectivity index (χ3v) is 3.76. The van der Waals surface area contributed by atoms with E-state index in [1.54, 1.807) is 36.4 Å². The minimum Gasteiger partial charge on any atom is -0.491 e. The fourth-order valence-corrected chi connectivity index (χ4v) is 2.47. The summed E-state index contributed by atoms with van der Waals surface area (Å²) in [5.41, 5.74) is 1.31. The van der Waals surface area contributed by atoms with Crippen LogP contribution in [0.25, 0.3) is 0 Å². The Morgan fingerprint density at radius 2 is 1.41 bits per heavy atom. The van der Waals surface area contributed by atoms with Crippen LogP contribution in [0.2, 0.25) is 0 Å². The van der Waals surface area contributed by atoms with Crippen molar-refractivity contribution in [2.45, 2.75) is 39.8 Å². The lowest BCUT2D eigenvalue weighted by atomic mass is 10.0. The molecule has 0 heterocycles. The molecule has 0 aliphatic heterocycles. The molecule has 2 aromatic rings. The van der Waals surface area contributed by atoms with E-state index in [0.29, 0.717) is 11.4 Å². The Hall–Kier alpha value is -3.02. The van der Waals surface area contributed by atoms with Gasteiger partial charge in [0.25, 0.3) is 0 Å². The van der Waals surface area contributed by atoms with Gasteiger partial charge in [-0.25, -0.2) is 4.79 Å². The van der Waals surface area contributed by atoms with E-state index >= 15 is 0 Å². The molecule has 0 spiro atoms. The zero-order valence-corrected chi connectivity index (χ0v) is 16.2. The second-order valence-electron chi connectivity index (χ2n) is 6.87. The number of nitrogens with one attached hydrogen (secondary N) is 3. The second-order valence-corrected chi connectivity index (χ2v) is 6.87. The number of benzene rings is 2. The number of hydrogen-bond donors (Lipinski definition) is 3. The van der Waals surface area contributed by atoms with Crippen LogP contribution in [0.1, 0.15) is 27.7 Å². The molecule has 1 atom stereocenters. The molecule has 0 bridgehead atoms. The third kappa shape index (κ3) is 6.66. The van der Waals surface area contributed by atoms with Gasteiger partial charge in [-0.05, 0) is 56.2 Å². The lowest BCUT2D eigenvalue weighted by molar-refractivity contribution is -0.118. The fourth-order valence-electron chi connectivity index (χ4n) is 2.47. The van der Waals surface area contributed by atoms with E-state index in [1.165, 1.54) is 0 Å². The summed E-state index contributed by atoms with van der Waals surface area (Å²) in [6.45, 7) is 7.67. The van der Waals surface area contributed by atoms with Crippen LogP contribution in [-0.2, 0) is 4.79 Å². The molecule has 144 valence electrons. The van der Waals surface area contributed by atoms with E-state index in [4.69, 9.17) is 4.74 Å². The molecule has 0 saturated heterocycles. The van der Waals surface area contributed by atoms with E-state index in [2.05, 4.69) is 16.0 Å². The Kier molecular flexibility index (Phi) is 7.23. The molecule has 0 radical (unpaired) electrons. The number of para-hydroxylation sites is 1. The van der Waals surface area contributed by atoms with Crippen molar-refractivity contribution in [3.8, 4) is 5.75 Å². The number of carbonyl (C=O) groups is 2. The van der Waals surface area contributed by atoms with Crippen molar-refractivity contribution in [2.24, 2.45) is 5.92 Å². The maximum Gasteiger partial charge on any atom is 0.319 e. The maximum absolute atomic E-state index is 12.6. The molecule has 3 N–H and O–H groups in total. The number of rotatable bonds is 7. The molecule has 2 aromatic carbocycles. The lowest BCUT2D eigenvalue weighted by Gasteiger charge is -2.22. The van der Waals surface area contributed by atoms with E-state index in [0.717, 1.165) is 5.75 Å². The van der Waals surface area contributed by atoms with Crippen LogP contribution in [0, 0.1) is 5.92 Å². The molecule has 3 amide bonds. The van der Waals surface area contributed by atoms with Crippen molar-refractivity contribution in [1.29, 1.82) is 0 Å². The van der Waals surface area contributed by atoms with Gasteiger partial charge in [0.1, 0.15) is 11.8 Å². The second kappa shape index (κ2) is 9.62. The number of anilines is 2. The van der Waals surface area contributed by atoms with Gasteiger partial charge in [0.15, 0.2) is 0 Å². The Morgan fingerprint density at radius 1 is 0.815 bits per heavy atom. The Labute approximate surface area is 160 Å². The van der Waals surface area contributed by atoms with E-state index in [1.807, 2.05) is 45.9 Å². The van der Waals surface area contributed by atoms with Crippen molar-refractivity contribution in [3.05, 3.63) is 54.6 Å². The minimum absolute atomic E-state index is 0.0740. The average molecular weight is 369 g/mol. The van der Waals surface area contributed by atoms with Gasteiger partial charge in [-0.3, -0.25) is 4.79 Å². The van der Waals surface area contributed by atoms with Crippen LogP contribution >= 0.6 is 0 Å². The lowest BCUT2D eigenvalue weighted by Crippen LogP contribution is -2.48. The largest absolute Gasteiger partial charge is 0.491 e.